The minimum Gasteiger partial charge on any atom is -0.484 e. The van der Waals surface area contributed by atoms with Crippen LogP contribution in [-0.4, -0.2) is 49.0 Å². The van der Waals surface area contributed by atoms with Crippen molar-refractivity contribution in [2.45, 2.75) is 27.7 Å². The van der Waals surface area contributed by atoms with Gasteiger partial charge >= 0.3 is 5.97 Å². The van der Waals surface area contributed by atoms with Crippen LogP contribution in [0.2, 0.25) is 0 Å². The highest BCUT2D eigenvalue weighted by molar-refractivity contribution is 7.18. The number of amides is 2. The molecule has 156 valence electrons. The maximum absolute atomic E-state index is 12.8. The van der Waals surface area contributed by atoms with Gasteiger partial charge in [0.05, 0.1) is 17.0 Å². The number of nitrogens with zero attached hydrogens (tertiary/aromatic N) is 1. The fourth-order valence-electron chi connectivity index (χ4n) is 2.74. The van der Waals surface area contributed by atoms with Crippen molar-refractivity contribution in [3.05, 3.63) is 46.3 Å². The second-order valence-electron chi connectivity index (χ2n) is 6.11. The lowest BCUT2D eigenvalue weighted by atomic mass is 10.1. The van der Waals surface area contributed by atoms with E-state index in [4.69, 9.17) is 9.47 Å². The minimum absolute atomic E-state index is 0.177. The molecule has 0 aliphatic heterocycles. The van der Waals surface area contributed by atoms with Crippen LogP contribution in [0.5, 0.6) is 5.75 Å². The lowest BCUT2D eigenvalue weighted by Gasteiger charge is -2.18. The summed E-state index contributed by atoms with van der Waals surface area (Å²) in [6.07, 6.45) is 0. The molecular weight excluding hydrogens is 392 g/mol. The van der Waals surface area contributed by atoms with Crippen molar-refractivity contribution in [1.82, 2.24) is 4.90 Å². The molecule has 0 fully saturated rings. The average Bonchev–Trinajstić information content (AvgIpc) is 3.04. The molecule has 2 rings (SSSR count). The highest BCUT2D eigenvalue weighted by Gasteiger charge is 2.28. The average molecular weight is 419 g/mol. The zero-order valence-electron chi connectivity index (χ0n) is 17.1. The molecule has 1 aromatic carbocycles. The minimum atomic E-state index is -0.570. The Balaban J connectivity index is 2.26. The molecule has 0 spiro atoms. The SMILES string of the molecule is CCOC(=O)c1c(NC(=O)COc2ccccc2)sc(C(=O)N(CC)CC)c1C. The van der Waals surface area contributed by atoms with Crippen LogP contribution >= 0.6 is 11.3 Å². The summed E-state index contributed by atoms with van der Waals surface area (Å²) in [5, 5.41) is 2.98. The number of thiophene rings is 1. The Hall–Kier alpha value is -2.87. The molecule has 0 unspecified atom stereocenters. The highest BCUT2D eigenvalue weighted by atomic mass is 32.1. The number of para-hydroxylation sites is 1. The van der Waals surface area contributed by atoms with E-state index in [0.29, 0.717) is 29.3 Å². The molecule has 7 nitrogen and oxygen atoms in total. The van der Waals surface area contributed by atoms with Crippen LogP contribution in [0.1, 0.15) is 46.4 Å². The molecule has 0 atom stereocenters. The Morgan fingerprint density at radius 1 is 1.07 bits per heavy atom. The summed E-state index contributed by atoms with van der Waals surface area (Å²) in [4.78, 5) is 39.7. The molecule has 29 heavy (non-hydrogen) atoms. The van der Waals surface area contributed by atoms with Gasteiger partial charge in [-0.25, -0.2) is 4.79 Å². The van der Waals surface area contributed by atoms with Gasteiger partial charge in [-0.2, -0.15) is 0 Å². The Bertz CT molecular complexity index is 859. The molecule has 0 bridgehead atoms. The van der Waals surface area contributed by atoms with Gasteiger partial charge in [0.2, 0.25) is 0 Å². The molecule has 0 saturated carbocycles. The van der Waals surface area contributed by atoms with Crippen LogP contribution in [0.4, 0.5) is 5.00 Å². The zero-order valence-corrected chi connectivity index (χ0v) is 17.9. The monoisotopic (exact) mass is 418 g/mol. The van der Waals surface area contributed by atoms with Crippen LogP contribution < -0.4 is 10.1 Å². The Morgan fingerprint density at radius 3 is 2.31 bits per heavy atom. The second kappa shape index (κ2) is 10.6. The van der Waals surface area contributed by atoms with Crippen LogP contribution in [0.3, 0.4) is 0 Å². The molecule has 1 aromatic heterocycles. The third-order valence-corrected chi connectivity index (χ3v) is 5.43. The Labute approximate surface area is 174 Å². The summed E-state index contributed by atoms with van der Waals surface area (Å²) >= 11 is 1.08. The molecule has 1 N–H and O–H groups in total. The third-order valence-electron chi connectivity index (χ3n) is 4.24. The van der Waals surface area contributed by atoms with E-state index in [0.717, 1.165) is 11.3 Å². The van der Waals surface area contributed by atoms with E-state index in [1.807, 2.05) is 19.9 Å². The van der Waals surface area contributed by atoms with Gasteiger partial charge < -0.3 is 19.7 Å². The number of esters is 1. The summed E-state index contributed by atoms with van der Waals surface area (Å²) in [5.74, 6) is -0.612. The van der Waals surface area contributed by atoms with E-state index < -0.39 is 11.9 Å². The van der Waals surface area contributed by atoms with E-state index in [1.165, 1.54) is 0 Å². The molecule has 8 heteroatoms. The summed E-state index contributed by atoms with van der Waals surface area (Å²) in [6.45, 7) is 8.24. The lowest BCUT2D eigenvalue weighted by molar-refractivity contribution is -0.118. The summed E-state index contributed by atoms with van der Waals surface area (Å²) in [6, 6.07) is 8.95. The van der Waals surface area contributed by atoms with E-state index in [9.17, 15) is 14.4 Å². The predicted octanol–water partition coefficient (Wildman–Crippen LogP) is 3.73. The van der Waals surface area contributed by atoms with Gasteiger partial charge in [0.25, 0.3) is 11.8 Å². The number of benzene rings is 1. The van der Waals surface area contributed by atoms with Crippen molar-refractivity contribution < 1.29 is 23.9 Å². The topological polar surface area (TPSA) is 84.9 Å². The van der Waals surface area contributed by atoms with Crippen molar-refractivity contribution in [2.24, 2.45) is 0 Å². The van der Waals surface area contributed by atoms with Crippen LogP contribution in [0, 0.1) is 6.92 Å². The molecule has 0 aliphatic rings. The first kappa shape index (κ1) is 22.4. The summed E-state index contributed by atoms with van der Waals surface area (Å²) < 4.78 is 10.6. The molecule has 1 heterocycles. The van der Waals surface area contributed by atoms with Gasteiger partial charge in [-0.1, -0.05) is 18.2 Å². The third kappa shape index (κ3) is 5.57. The van der Waals surface area contributed by atoms with Gasteiger partial charge in [0.1, 0.15) is 10.8 Å². The molecule has 2 aromatic rings. The van der Waals surface area contributed by atoms with Crippen molar-refractivity contribution in [2.75, 3.05) is 31.6 Å². The van der Waals surface area contributed by atoms with E-state index in [-0.39, 0.29) is 29.7 Å². The van der Waals surface area contributed by atoms with Crippen LogP contribution in [0.15, 0.2) is 30.3 Å². The number of carbonyl (C=O) groups is 3. The number of hydrogen-bond acceptors (Lipinski definition) is 6. The van der Waals surface area contributed by atoms with Gasteiger partial charge in [-0.3, -0.25) is 9.59 Å². The fourth-order valence-corrected chi connectivity index (χ4v) is 3.92. The standard InChI is InChI=1S/C21H26N2O5S/c1-5-23(6-2)20(25)18-14(4)17(21(26)27-7-3)19(29-18)22-16(24)13-28-15-11-9-8-10-12-15/h8-12H,5-7,13H2,1-4H3,(H,22,24). The van der Waals surface area contributed by atoms with Crippen LogP contribution in [0.25, 0.3) is 0 Å². The first-order valence-corrected chi connectivity index (χ1v) is 10.3. The van der Waals surface area contributed by atoms with Crippen molar-refractivity contribution >= 4 is 34.1 Å². The number of nitrogens with one attached hydrogen (secondary N) is 1. The van der Waals surface area contributed by atoms with Crippen molar-refractivity contribution in [3.8, 4) is 5.75 Å². The lowest BCUT2D eigenvalue weighted by Crippen LogP contribution is -2.30. The van der Waals surface area contributed by atoms with Crippen molar-refractivity contribution in [3.63, 3.8) is 0 Å². The molecule has 0 saturated heterocycles. The second-order valence-corrected chi connectivity index (χ2v) is 7.13. The van der Waals surface area contributed by atoms with E-state index in [2.05, 4.69) is 5.32 Å². The fraction of sp³-hybridized carbons (Fsp3) is 0.381. The number of ether oxygens (including phenoxy) is 2. The number of hydrogen-bond donors (Lipinski definition) is 1. The number of carbonyl (C=O) groups excluding carboxylic acids is 3. The maximum Gasteiger partial charge on any atom is 0.341 e. The predicted molar refractivity (Wildman–Crippen MR) is 113 cm³/mol. The quantitative estimate of drug-likeness (QED) is 0.627. The summed E-state index contributed by atoms with van der Waals surface area (Å²) in [7, 11) is 0. The van der Waals surface area contributed by atoms with Gasteiger partial charge in [0, 0.05) is 13.1 Å². The number of anilines is 1. The van der Waals surface area contributed by atoms with E-state index >= 15 is 0 Å². The van der Waals surface area contributed by atoms with Gasteiger partial charge in [-0.05, 0) is 45.4 Å². The van der Waals surface area contributed by atoms with Gasteiger partial charge in [0.15, 0.2) is 6.61 Å². The molecular formula is C21H26N2O5S. The van der Waals surface area contributed by atoms with Crippen LogP contribution in [-0.2, 0) is 9.53 Å². The van der Waals surface area contributed by atoms with Crippen molar-refractivity contribution in [1.29, 1.82) is 0 Å². The number of rotatable bonds is 9. The maximum atomic E-state index is 12.8. The van der Waals surface area contributed by atoms with Gasteiger partial charge in [-0.15, -0.1) is 11.3 Å². The molecule has 2 amide bonds. The zero-order chi connectivity index (χ0) is 21.4. The van der Waals surface area contributed by atoms with E-state index in [1.54, 1.807) is 43.0 Å². The summed E-state index contributed by atoms with van der Waals surface area (Å²) in [5.41, 5.74) is 0.713. The first-order chi connectivity index (χ1) is 13.9. The smallest absolute Gasteiger partial charge is 0.341 e. The normalized spacial score (nSPS) is 10.3. The largest absolute Gasteiger partial charge is 0.484 e. The first-order valence-electron chi connectivity index (χ1n) is 9.50. The highest BCUT2D eigenvalue weighted by Crippen LogP contribution is 2.34. The Morgan fingerprint density at radius 2 is 1.72 bits per heavy atom. The molecule has 0 aliphatic carbocycles. The molecule has 0 radical (unpaired) electrons. The Kier molecular flexibility index (Phi) is 8.21.